The van der Waals surface area contributed by atoms with Crippen LogP contribution in [0.25, 0.3) is 22.6 Å². The number of rotatable bonds is 9. The van der Waals surface area contributed by atoms with Gasteiger partial charge in [0.1, 0.15) is 11.3 Å². The maximum Gasteiger partial charge on any atom is 0.434 e. The van der Waals surface area contributed by atoms with Crippen LogP contribution in [0.5, 0.6) is 17.4 Å². The largest absolute Gasteiger partial charge is 0.493 e. The van der Waals surface area contributed by atoms with Crippen molar-refractivity contribution in [2.75, 3.05) is 20.8 Å². The molecular formula is C28H23F3N6O6. The van der Waals surface area contributed by atoms with Gasteiger partial charge in [-0.2, -0.15) is 18.3 Å². The van der Waals surface area contributed by atoms with E-state index in [1.165, 1.54) is 37.2 Å². The fourth-order valence-corrected chi connectivity index (χ4v) is 4.15. The van der Waals surface area contributed by atoms with Crippen LogP contribution in [-0.4, -0.2) is 62.5 Å². The second kappa shape index (κ2) is 11.7. The highest BCUT2D eigenvalue weighted by Crippen LogP contribution is 2.35. The first kappa shape index (κ1) is 28.9. The predicted molar refractivity (Wildman–Crippen MR) is 144 cm³/mol. The van der Waals surface area contributed by atoms with E-state index < -0.39 is 29.4 Å². The average molecular weight is 597 g/mol. The van der Waals surface area contributed by atoms with E-state index in [2.05, 4.69) is 20.4 Å². The van der Waals surface area contributed by atoms with Crippen LogP contribution in [-0.2, 0) is 10.9 Å². The number of carbonyl (C=O) groups excluding carboxylic acids is 2. The van der Waals surface area contributed by atoms with Crippen molar-refractivity contribution < 1.29 is 41.7 Å². The lowest BCUT2D eigenvalue weighted by atomic mass is 10.1. The molecule has 0 spiro atoms. The number of halogens is 3. The molecule has 0 radical (unpaired) electrons. The number of nitrogens with zero attached hydrogens (tertiary/aromatic N) is 5. The Morgan fingerprint density at radius 3 is 2.35 bits per heavy atom. The summed E-state index contributed by atoms with van der Waals surface area (Å²) in [6.45, 7) is 1.73. The molecule has 3 aromatic heterocycles. The van der Waals surface area contributed by atoms with Crippen molar-refractivity contribution >= 4 is 11.9 Å². The zero-order valence-electron chi connectivity index (χ0n) is 22.9. The summed E-state index contributed by atoms with van der Waals surface area (Å²) < 4.78 is 65.0. The number of aromatic nitrogens is 6. The van der Waals surface area contributed by atoms with Gasteiger partial charge in [-0.05, 0) is 31.2 Å². The van der Waals surface area contributed by atoms with E-state index in [1.807, 2.05) is 0 Å². The molecule has 2 aromatic carbocycles. The molecule has 0 atom stereocenters. The first-order valence-electron chi connectivity index (χ1n) is 12.6. The molecule has 43 heavy (non-hydrogen) atoms. The number of esters is 2. The number of ether oxygens (including phenoxy) is 4. The summed E-state index contributed by atoms with van der Waals surface area (Å²) in [4.78, 5) is 27.1. The van der Waals surface area contributed by atoms with E-state index in [4.69, 9.17) is 18.9 Å². The molecule has 222 valence electrons. The number of aromatic amines is 1. The van der Waals surface area contributed by atoms with Gasteiger partial charge in [0.15, 0.2) is 17.2 Å². The number of benzene rings is 2. The van der Waals surface area contributed by atoms with Gasteiger partial charge in [0, 0.05) is 23.9 Å². The Bertz CT molecular complexity index is 1770. The van der Waals surface area contributed by atoms with Crippen LogP contribution in [0.1, 0.15) is 33.3 Å². The minimum atomic E-state index is -4.96. The maximum atomic E-state index is 14.2. The molecule has 0 aliphatic carbocycles. The number of H-pyrrole nitrogens is 1. The lowest BCUT2D eigenvalue weighted by Gasteiger charge is -2.12. The molecule has 0 bridgehead atoms. The van der Waals surface area contributed by atoms with Crippen molar-refractivity contribution in [3.05, 3.63) is 83.9 Å². The molecule has 0 fully saturated rings. The lowest BCUT2D eigenvalue weighted by Crippen LogP contribution is -2.19. The average Bonchev–Trinajstić information content (AvgIpc) is 3.77. The summed E-state index contributed by atoms with van der Waals surface area (Å²) in [5, 5.41) is 12.1. The molecule has 0 amide bonds. The maximum absolute atomic E-state index is 14.2. The molecule has 0 aliphatic rings. The van der Waals surface area contributed by atoms with E-state index in [9.17, 15) is 22.8 Å². The highest BCUT2D eigenvalue weighted by Gasteiger charge is 2.41. The minimum absolute atomic E-state index is 0.0341. The van der Waals surface area contributed by atoms with Gasteiger partial charge in [-0.3, -0.25) is 0 Å². The third-order valence-electron chi connectivity index (χ3n) is 6.16. The first-order chi connectivity index (χ1) is 20.6. The normalized spacial score (nSPS) is 11.3. The molecule has 12 nitrogen and oxygen atoms in total. The molecule has 0 aliphatic heterocycles. The summed E-state index contributed by atoms with van der Waals surface area (Å²) in [6, 6.07) is 12.2. The monoisotopic (exact) mass is 596 g/mol. The quantitative estimate of drug-likeness (QED) is 0.236. The standard InChI is InChI=1S/C28H23F3N6O6/c1-4-42-26(38)17-11-24(32-13-17)43-27(39)20-14-33-37(25(20)28(29,30)31)18-7-5-16(6-8-18)21-15-36(35-34-21)19-9-10-22(40-2)23(12-19)41-3/h5-15,32H,4H2,1-3H3. The smallest absolute Gasteiger partial charge is 0.434 e. The van der Waals surface area contributed by atoms with E-state index >= 15 is 0 Å². The summed E-state index contributed by atoms with van der Waals surface area (Å²) in [5.74, 6) is -1.20. The Morgan fingerprint density at radius 2 is 1.67 bits per heavy atom. The zero-order chi connectivity index (χ0) is 30.7. The van der Waals surface area contributed by atoms with Gasteiger partial charge in [-0.15, -0.1) is 5.10 Å². The zero-order valence-corrected chi connectivity index (χ0v) is 22.9. The molecule has 0 saturated heterocycles. The van der Waals surface area contributed by atoms with Gasteiger partial charge in [0.2, 0.25) is 5.88 Å². The molecule has 15 heteroatoms. The number of nitrogens with one attached hydrogen (secondary N) is 1. The van der Waals surface area contributed by atoms with E-state index in [1.54, 1.807) is 43.5 Å². The highest BCUT2D eigenvalue weighted by molar-refractivity contribution is 5.93. The molecule has 5 aromatic rings. The van der Waals surface area contributed by atoms with Crippen LogP contribution in [0, 0.1) is 0 Å². The molecule has 3 heterocycles. The molecule has 0 unspecified atom stereocenters. The second-order valence-electron chi connectivity index (χ2n) is 8.81. The SMILES string of the molecule is CCOC(=O)c1c[nH]c(OC(=O)c2cnn(-c3ccc(-c4cn(-c5ccc(OC)c(OC)c5)nn4)cc3)c2C(F)(F)F)c1. The number of alkyl halides is 3. The van der Waals surface area contributed by atoms with Gasteiger partial charge in [0.25, 0.3) is 0 Å². The van der Waals surface area contributed by atoms with Gasteiger partial charge in [-0.25, -0.2) is 19.0 Å². The van der Waals surface area contributed by atoms with Crippen molar-refractivity contribution in [2.45, 2.75) is 13.1 Å². The molecule has 0 saturated carbocycles. The Balaban J connectivity index is 1.38. The number of hydrogen-bond donors (Lipinski definition) is 1. The van der Waals surface area contributed by atoms with Crippen LogP contribution in [0.4, 0.5) is 13.2 Å². The van der Waals surface area contributed by atoms with Crippen LogP contribution in [0.15, 0.2) is 67.1 Å². The fraction of sp³-hybridized carbons (Fsp3) is 0.179. The van der Waals surface area contributed by atoms with Crippen LogP contribution < -0.4 is 14.2 Å². The second-order valence-corrected chi connectivity index (χ2v) is 8.81. The number of methoxy groups -OCH3 is 2. The Kier molecular flexibility index (Phi) is 7.88. The van der Waals surface area contributed by atoms with Crippen molar-refractivity contribution in [1.29, 1.82) is 0 Å². The van der Waals surface area contributed by atoms with Gasteiger partial charge in [-0.1, -0.05) is 17.3 Å². The molecular weight excluding hydrogens is 573 g/mol. The van der Waals surface area contributed by atoms with E-state index in [0.29, 0.717) is 33.1 Å². The van der Waals surface area contributed by atoms with Crippen LogP contribution in [0.3, 0.4) is 0 Å². The van der Waals surface area contributed by atoms with Crippen LogP contribution >= 0.6 is 0 Å². The predicted octanol–water partition coefficient (Wildman–Crippen LogP) is 4.88. The third kappa shape index (κ3) is 5.91. The number of hydrogen-bond acceptors (Lipinski definition) is 9. The molecule has 5 rings (SSSR count). The summed E-state index contributed by atoms with van der Waals surface area (Å²) in [6.07, 6.45) is -1.34. The minimum Gasteiger partial charge on any atom is -0.493 e. The fourth-order valence-electron chi connectivity index (χ4n) is 4.15. The number of carbonyl (C=O) groups is 2. The lowest BCUT2D eigenvalue weighted by molar-refractivity contribution is -0.143. The van der Waals surface area contributed by atoms with Crippen molar-refractivity contribution in [1.82, 2.24) is 29.8 Å². The third-order valence-corrected chi connectivity index (χ3v) is 6.16. The van der Waals surface area contributed by atoms with Crippen molar-refractivity contribution in [3.8, 4) is 40.0 Å². The van der Waals surface area contributed by atoms with E-state index in [-0.39, 0.29) is 23.7 Å². The van der Waals surface area contributed by atoms with Crippen LogP contribution in [0.2, 0.25) is 0 Å². The highest BCUT2D eigenvalue weighted by atomic mass is 19.4. The van der Waals surface area contributed by atoms with E-state index in [0.717, 1.165) is 12.3 Å². The Morgan fingerprint density at radius 1 is 0.953 bits per heavy atom. The summed E-state index contributed by atoms with van der Waals surface area (Å²) in [5.41, 5.74) is -0.402. The van der Waals surface area contributed by atoms with Crippen molar-refractivity contribution in [2.24, 2.45) is 0 Å². The van der Waals surface area contributed by atoms with Gasteiger partial charge in [0.05, 0.1) is 50.2 Å². The van der Waals surface area contributed by atoms with Gasteiger partial charge >= 0.3 is 18.1 Å². The Hall–Kier alpha value is -5.60. The van der Waals surface area contributed by atoms with Crippen molar-refractivity contribution in [3.63, 3.8) is 0 Å². The first-order valence-corrected chi connectivity index (χ1v) is 12.6. The van der Waals surface area contributed by atoms with Gasteiger partial charge < -0.3 is 23.9 Å². The summed E-state index contributed by atoms with van der Waals surface area (Å²) >= 11 is 0. The summed E-state index contributed by atoms with van der Waals surface area (Å²) in [7, 11) is 3.03. The topological polar surface area (TPSA) is 135 Å². The Labute approximate surface area is 241 Å². The molecule has 1 N–H and O–H groups in total.